The van der Waals surface area contributed by atoms with Gasteiger partial charge in [-0.3, -0.25) is 4.98 Å². The van der Waals surface area contributed by atoms with Crippen molar-refractivity contribution >= 4 is 34.9 Å². The molecule has 0 radical (unpaired) electrons. The number of hydrogen-bond acceptors (Lipinski definition) is 2. The summed E-state index contributed by atoms with van der Waals surface area (Å²) in [5.41, 5.74) is -0.248. The minimum Gasteiger partial charge on any atom is -0.251 e. The monoisotopic (exact) mass is 326 g/mol. The van der Waals surface area contributed by atoms with Gasteiger partial charge in [-0.15, -0.1) is 0 Å². The van der Waals surface area contributed by atoms with E-state index in [1.807, 2.05) is 0 Å². The van der Waals surface area contributed by atoms with Crippen LogP contribution in [0.25, 0.3) is 11.6 Å². The Bertz CT molecular complexity index is 737. The summed E-state index contributed by atoms with van der Waals surface area (Å²) in [5.74, 6) is -1.44. The maximum atomic E-state index is 13.8. The average molecular weight is 327 g/mol. The Balaban J connectivity index is 0.00000220. The van der Waals surface area contributed by atoms with E-state index in [4.69, 9.17) is 28.5 Å². The molecule has 0 fully saturated rings. The molecule has 1 aromatic carbocycles. The van der Waals surface area contributed by atoms with Crippen LogP contribution in [0.15, 0.2) is 30.5 Å². The van der Waals surface area contributed by atoms with Crippen LogP contribution in [0.1, 0.15) is 18.7 Å². The van der Waals surface area contributed by atoms with E-state index < -0.39 is 11.6 Å². The van der Waals surface area contributed by atoms with Gasteiger partial charge in [0.2, 0.25) is 0 Å². The van der Waals surface area contributed by atoms with E-state index in [-0.39, 0.29) is 34.3 Å². The van der Waals surface area contributed by atoms with E-state index in [9.17, 15) is 8.78 Å². The molecule has 0 amide bonds. The molecule has 2 nitrogen and oxygen atoms in total. The third-order valence-electron chi connectivity index (χ3n) is 2.46. The van der Waals surface area contributed by atoms with Gasteiger partial charge in [-0.2, -0.15) is 5.26 Å². The van der Waals surface area contributed by atoms with Crippen molar-refractivity contribution in [1.29, 1.82) is 5.26 Å². The van der Waals surface area contributed by atoms with Gasteiger partial charge >= 0.3 is 0 Å². The van der Waals surface area contributed by atoms with E-state index in [1.165, 1.54) is 30.5 Å². The van der Waals surface area contributed by atoms with Crippen molar-refractivity contribution < 1.29 is 8.78 Å². The van der Waals surface area contributed by atoms with Crippen LogP contribution in [0.5, 0.6) is 0 Å². The molecule has 0 bridgehead atoms. The third-order valence-corrected chi connectivity index (χ3v) is 2.96. The van der Waals surface area contributed by atoms with Crippen molar-refractivity contribution in [2.45, 2.75) is 7.43 Å². The van der Waals surface area contributed by atoms with Crippen LogP contribution < -0.4 is 0 Å². The van der Waals surface area contributed by atoms with Gasteiger partial charge in [0.1, 0.15) is 17.6 Å². The predicted molar refractivity (Wildman–Crippen MR) is 80.8 cm³/mol. The number of rotatable bonds is 2. The van der Waals surface area contributed by atoms with Crippen molar-refractivity contribution in [1.82, 2.24) is 4.98 Å². The highest BCUT2D eigenvalue weighted by Gasteiger charge is 2.12. The van der Waals surface area contributed by atoms with Crippen molar-refractivity contribution in [2.24, 2.45) is 0 Å². The highest BCUT2D eigenvalue weighted by atomic mass is 35.5. The summed E-state index contributed by atoms with van der Waals surface area (Å²) in [6.45, 7) is 0. The minimum absolute atomic E-state index is 0. The van der Waals surface area contributed by atoms with Crippen LogP contribution in [0.3, 0.4) is 0 Å². The molecule has 0 spiro atoms. The number of allylic oxidation sites excluding steroid dienone is 1. The highest BCUT2D eigenvalue weighted by molar-refractivity contribution is 6.31. The lowest BCUT2D eigenvalue weighted by atomic mass is 10.1. The summed E-state index contributed by atoms with van der Waals surface area (Å²) >= 11 is 11.2. The maximum absolute atomic E-state index is 13.8. The van der Waals surface area contributed by atoms with E-state index in [2.05, 4.69) is 4.98 Å². The second-order valence-electron chi connectivity index (χ2n) is 3.80. The van der Waals surface area contributed by atoms with Crippen molar-refractivity contribution in [3.63, 3.8) is 0 Å². The van der Waals surface area contributed by atoms with Crippen LogP contribution in [-0.2, 0) is 0 Å². The van der Waals surface area contributed by atoms with Gasteiger partial charge < -0.3 is 0 Å². The van der Waals surface area contributed by atoms with E-state index in [0.717, 1.165) is 6.07 Å². The number of halogens is 4. The molecule has 2 rings (SSSR count). The third kappa shape index (κ3) is 3.78. The average Bonchev–Trinajstić information content (AvgIpc) is 2.41. The normalized spacial score (nSPS) is 10.7. The minimum atomic E-state index is -0.757. The maximum Gasteiger partial charge on any atom is 0.151 e. The summed E-state index contributed by atoms with van der Waals surface area (Å²) in [6.07, 6.45) is 2.39. The Hall–Kier alpha value is -1.96. The fraction of sp³-hybridized carbons (Fsp3) is 0.0667. The van der Waals surface area contributed by atoms with Crippen molar-refractivity contribution in [3.05, 3.63) is 63.4 Å². The molecule has 6 heteroatoms. The lowest BCUT2D eigenvalue weighted by molar-refractivity contribution is 0.617. The van der Waals surface area contributed by atoms with Gasteiger partial charge in [-0.25, -0.2) is 8.78 Å². The van der Waals surface area contributed by atoms with Gasteiger partial charge in [-0.05, 0) is 18.2 Å². The quantitative estimate of drug-likeness (QED) is 0.696. The Morgan fingerprint density at radius 1 is 1.29 bits per heavy atom. The summed E-state index contributed by atoms with van der Waals surface area (Å²) in [7, 11) is 0. The fourth-order valence-electron chi connectivity index (χ4n) is 1.55. The number of aromatic nitrogens is 1. The smallest absolute Gasteiger partial charge is 0.151 e. The summed E-state index contributed by atoms with van der Waals surface area (Å²) in [5, 5.41) is 9.11. The topological polar surface area (TPSA) is 36.7 Å². The summed E-state index contributed by atoms with van der Waals surface area (Å²) < 4.78 is 27.5. The molecular weight excluding hydrogens is 317 g/mol. The standard InChI is InChI=1S/C14H6Cl2F2N2.CH4/c15-10-5-12(17)14(20-7-10)9(6-19)4-8-2-1-3-11(16)13(8)18;/h1-5,7H;1H4/b9-4+;. The van der Waals surface area contributed by atoms with Gasteiger partial charge in [0.25, 0.3) is 0 Å². The van der Waals surface area contributed by atoms with Gasteiger partial charge in [0.15, 0.2) is 5.82 Å². The number of pyridine rings is 1. The highest BCUT2D eigenvalue weighted by Crippen LogP contribution is 2.24. The zero-order chi connectivity index (χ0) is 14.7. The molecule has 0 unspecified atom stereocenters. The van der Waals surface area contributed by atoms with Crippen LogP contribution in [-0.4, -0.2) is 4.98 Å². The van der Waals surface area contributed by atoms with Crippen molar-refractivity contribution in [3.8, 4) is 6.07 Å². The SMILES string of the molecule is C.N#C/C(=C\c1cccc(Cl)c1F)c1ncc(Cl)cc1F. The zero-order valence-corrected chi connectivity index (χ0v) is 11.4. The number of nitrogens with zero attached hydrogens (tertiary/aromatic N) is 2. The first-order valence-corrected chi connectivity index (χ1v) is 6.15. The Kier molecular flexibility index (Phi) is 5.83. The first-order chi connectivity index (χ1) is 9.52. The molecule has 21 heavy (non-hydrogen) atoms. The molecule has 0 N–H and O–H groups in total. The summed E-state index contributed by atoms with van der Waals surface area (Å²) in [6, 6.07) is 7.14. The second kappa shape index (κ2) is 7.16. The first-order valence-electron chi connectivity index (χ1n) is 5.40. The van der Waals surface area contributed by atoms with E-state index in [0.29, 0.717) is 0 Å². The van der Waals surface area contributed by atoms with Gasteiger partial charge in [0.05, 0.1) is 15.6 Å². The molecule has 0 aliphatic rings. The fourth-order valence-corrected chi connectivity index (χ4v) is 1.88. The van der Waals surface area contributed by atoms with E-state index >= 15 is 0 Å². The number of hydrogen-bond donors (Lipinski definition) is 0. The van der Waals surface area contributed by atoms with Crippen LogP contribution >= 0.6 is 23.2 Å². The first kappa shape index (κ1) is 17.1. The lowest BCUT2D eigenvalue weighted by Crippen LogP contribution is -1.94. The second-order valence-corrected chi connectivity index (χ2v) is 4.64. The van der Waals surface area contributed by atoms with Gasteiger partial charge in [-0.1, -0.05) is 42.8 Å². The van der Waals surface area contributed by atoms with Crippen LogP contribution in [0.4, 0.5) is 8.78 Å². The number of nitriles is 1. The predicted octanol–water partition coefficient (Wildman–Crippen LogP) is 5.37. The molecule has 0 atom stereocenters. The Morgan fingerprint density at radius 3 is 2.62 bits per heavy atom. The molecule has 1 aromatic heterocycles. The van der Waals surface area contributed by atoms with Crippen molar-refractivity contribution in [2.75, 3.05) is 0 Å². The van der Waals surface area contributed by atoms with Crippen LogP contribution in [0.2, 0.25) is 10.0 Å². The molecular formula is C15H10Cl2F2N2. The largest absolute Gasteiger partial charge is 0.251 e. The zero-order valence-electron chi connectivity index (χ0n) is 9.87. The Morgan fingerprint density at radius 2 is 2.00 bits per heavy atom. The molecule has 0 saturated carbocycles. The van der Waals surface area contributed by atoms with E-state index in [1.54, 1.807) is 6.07 Å². The number of benzene rings is 1. The molecule has 108 valence electrons. The molecule has 0 aliphatic carbocycles. The van der Waals surface area contributed by atoms with Crippen LogP contribution in [0, 0.1) is 23.0 Å². The molecule has 2 aromatic rings. The molecule has 0 saturated heterocycles. The molecule has 1 heterocycles. The lowest BCUT2D eigenvalue weighted by Gasteiger charge is -2.03. The summed E-state index contributed by atoms with van der Waals surface area (Å²) in [4.78, 5) is 3.74. The van der Waals surface area contributed by atoms with Gasteiger partial charge in [0, 0.05) is 11.8 Å². The Labute approximate surface area is 131 Å². The molecule has 0 aliphatic heterocycles.